The Kier molecular flexibility index (Phi) is 6.16. The zero-order valence-corrected chi connectivity index (χ0v) is 19.2. The Morgan fingerprint density at radius 3 is 1.94 bits per heavy atom. The molecule has 0 aliphatic rings. The molecule has 0 saturated heterocycles. The summed E-state index contributed by atoms with van der Waals surface area (Å²) >= 11 is 0. The number of sulfone groups is 1. The van der Waals surface area contributed by atoms with Gasteiger partial charge in [0.2, 0.25) is 0 Å². The van der Waals surface area contributed by atoms with E-state index >= 15 is 0 Å². The van der Waals surface area contributed by atoms with E-state index in [2.05, 4.69) is 0 Å². The van der Waals surface area contributed by atoms with Crippen molar-refractivity contribution in [3.05, 3.63) is 118 Å². The maximum absolute atomic E-state index is 13.6. The number of nitrogens with zero attached hydrogens (tertiary/aromatic N) is 2. The molecule has 0 spiro atoms. The Labute approximate surface area is 192 Å². The fraction of sp³-hybridized carbons (Fsp3) is 0.154. The standard InChI is InChI=1S/C26H24N2O4S/c1-19-23(26(30)28(27(19)2)21-14-8-4-9-15-21)18-24(25(29)20-12-6-3-7-13-20)33(31,32)22-16-10-5-11-17-22/h3-17,24H,18H2,1-2H3. The number of benzene rings is 3. The van der Waals surface area contributed by atoms with Crippen molar-refractivity contribution in [1.82, 2.24) is 9.36 Å². The zero-order chi connectivity index (χ0) is 23.6. The molecule has 3 aromatic carbocycles. The molecule has 1 heterocycles. The first-order valence-electron chi connectivity index (χ1n) is 10.5. The Hall–Kier alpha value is -3.71. The summed E-state index contributed by atoms with van der Waals surface area (Å²) in [5.41, 5.74) is 1.53. The smallest absolute Gasteiger partial charge is 0.274 e. The first-order valence-corrected chi connectivity index (χ1v) is 12.1. The third-order valence-corrected chi connectivity index (χ3v) is 7.92. The van der Waals surface area contributed by atoms with Crippen LogP contribution in [0.1, 0.15) is 21.6 Å². The first-order chi connectivity index (χ1) is 15.8. The van der Waals surface area contributed by atoms with E-state index < -0.39 is 20.9 Å². The molecule has 0 saturated carbocycles. The molecule has 1 aromatic heterocycles. The van der Waals surface area contributed by atoms with Crippen LogP contribution in [0.2, 0.25) is 0 Å². The number of hydrogen-bond acceptors (Lipinski definition) is 4. The first kappa shape index (κ1) is 22.5. The van der Waals surface area contributed by atoms with Crippen molar-refractivity contribution in [2.24, 2.45) is 7.05 Å². The van der Waals surface area contributed by atoms with Crippen LogP contribution in [0.15, 0.2) is 101 Å². The van der Waals surface area contributed by atoms with Crippen LogP contribution in [0.4, 0.5) is 0 Å². The van der Waals surface area contributed by atoms with Crippen LogP contribution in [0.3, 0.4) is 0 Å². The van der Waals surface area contributed by atoms with Crippen LogP contribution >= 0.6 is 0 Å². The number of carbonyl (C=O) groups excluding carboxylic acids is 1. The van der Waals surface area contributed by atoms with Gasteiger partial charge in [0.15, 0.2) is 15.6 Å². The molecule has 0 radical (unpaired) electrons. The number of carbonyl (C=O) groups is 1. The van der Waals surface area contributed by atoms with Gasteiger partial charge in [-0.25, -0.2) is 13.1 Å². The molecule has 4 aromatic rings. The predicted octanol–water partition coefficient (Wildman–Crippen LogP) is 3.75. The monoisotopic (exact) mass is 460 g/mol. The Bertz CT molecular complexity index is 1440. The van der Waals surface area contributed by atoms with Crippen molar-refractivity contribution in [3.8, 4) is 5.69 Å². The average Bonchev–Trinajstić information content (AvgIpc) is 3.06. The molecule has 0 aliphatic carbocycles. The Morgan fingerprint density at radius 1 is 0.848 bits per heavy atom. The summed E-state index contributed by atoms with van der Waals surface area (Å²) in [7, 11) is -2.31. The highest BCUT2D eigenvalue weighted by molar-refractivity contribution is 7.92. The van der Waals surface area contributed by atoms with Crippen LogP contribution in [-0.2, 0) is 23.3 Å². The van der Waals surface area contributed by atoms with Crippen molar-refractivity contribution in [2.45, 2.75) is 23.5 Å². The average molecular weight is 461 g/mol. The van der Waals surface area contributed by atoms with Crippen LogP contribution in [0, 0.1) is 6.92 Å². The second kappa shape index (κ2) is 9.03. The summed E-state index contributed by atoms with van der Waals surface area (Å²) in [4.78, 5) is 26.9. The molecule has 1 unspecified atom stereocenters. The summed E-state index contributed by atoms with van der Waals surface area (Å²) in [5, 5.41) is -1.43. The molecule has 0 fully saturated rings. The third-order valence-electron chi connectivity index (χ3n) is 5.86. The van der Waals surface area contributed by atoms with Crippen molar-refractivity contribution in [2.75, 3.05) is 0 Å². The highest BCUT2D eigenvalue weighted by atomic mass is 32.2. The lowest BCUT2D eigenvalue weighted by molar-refractivity contribution is 0.0986. The van der Waals surface area contributed by atoms with E-state index in [0.717, 1.165) is 0 Å². The molecule has 0 N–H and O–H groups in total. The second-order valence-electron chi connectivity index (χ2n) is 7.82. The maximum Gasteiger partial charge on any atom is 0.274 e. The third kappa shape index (κ3) is 4.19. The summed E-state index contributed by atoms with van der Waals surface area (Å²) in [6.45, 7) is 1.76. The number of hydrogen-bond donors (Lipinski definition) is 0. The van der Waals surface area contributed by atoms with Gasteiger partial charge in [-0.05, 0) is 31.2 Å². The summed E-state index contributed by atoms with van der Waals surface area (Å²) in [6, 6.07) is 25.3. The van der Waals surface area contributed by atoms with Gasteiger partial charge in [0.1, 0.15) is 5.25 Å². The fourth-order valence-electron chi connectivity index (χ4n) is 3.95. The van der Waals surface area contributed by atoms with Gasteiger partial charge in [0.25, 0.3) is 5.56 Å². The van der Waals surface area contributed by atoms with Gasteiger partial charge in [-0.3, -0.25) is 14.3 Å². The van der Waals surface area contributed by atoms with Crippen LogP contribution < -0.4 is 5.56 Å². The Balaban J connectivity index is 1.85. The SMILES string of the molecule is Cc1c(CC(C(=O)c2ccccc2)S(=O)(=O)c2ccccc2)c(=O)n(-c2ccccc2)n1C. The predicted molar refractivity (Wildman–Crippen MR) is 128 cm³/mol. The lowest BCUT2D eigenvalue weighted by Gasteiger charge is -2.17. The molecular formula is C26H24N2O4S. The lowest BCUT2D eigenvalue weighted by atomic mass is 10.0. The highest BCUT2D eigenvalue weighted by Gasteiger charge is 2.36. The second-order valence-corrected chi connectivity index (χ2v) is 9.95. The Morgan fingerprint density at radius 2 is 1.36 bits per heavy atom. The van der Waals surface area contributed by atoms with Crippen LogP contribution in [-0.4, -0.2) is 28.8 Å². The van der Waals surface area contributed by atoms with Crippen LogP contribution in [0.5, 0.6) is 0 Å². The van der Waals surface area contributed by atoms with E-state index in [4.69, 9.17) is 0 Å². The normalized spacial score (nSPS) is 12.4. The fourth-order valence-corrected chi connectivity index (χ4v) is 5.62. The van der Waals surface area contributed by atoms with Gasteiger partial charge in [0, 0.05) is 30.3 Å². The molecule has 168 valence electrons. The quantitative estimate of drug-likeness (QED) is 0.394. The van der Waals surface area contributed by atoms with E-state index in [1.807, 2.05) is 18.2 Å². The highest BCUT2D eigenvalue weighted by Crippen LogP contribution is 2.24. The topological polar surface area (TPSA) is 78.1 Å². The van der Waals surface area contributed by atoms with Gasteiger partial charge >= 0.3 is 0 Å². The number of rotatable bonds is 7. The minimum atomic E-state index is -4.06. The molecular weight excluding hydrogens is 436 g/mol. The summed E-state index contributed by atoms with van der Waals surface area (Å²) < 4.78 is 30.4. The maximum atomic E-state index is 13.6. The minimum Gasteiger partial charge on any atom is -0.293 e. The zero-order valence-electron chi connectivity index (χ0n) is 18.4. The number of Topliss-reactive ketones (excluding diaryl/α,β-unsaturated/α-hetero) is 1. The largest absolute Gasteiger partial charge is 0.293 e. The molecule has 1 atom stereocenters. The molecule has 7 heteroatoms. The van der Waals surface area contributed by atoms with Crippen molar-refractivity contribution >= 4 is 15.6 Å². The van der Waals surface area contributed by atoms with Gasteiger partial charge in [-0.15, -0.1) is 0 Å². The lowest BCUT2D eigenvalue weighted by Crippen LogP contribution is -2.34. The van der Waals surface area contributed by atoms with E-state index in [1.165, 1.54) is 16.8 Å². The van der Waals surface area contributed by atoms with Crippen molar-refractivity contribution in [3.63, 3.8) is 0 Å². The number of para-hydroxylation sites is 1. The molecule has 4 rings (SSSR count). The van der Waals surface area contributed by atoms with Crippen molar-refractivity contribution < 1.29 is 13.2 Å². The molecule has 0 amide bonds. The molecule has 6 nitrogen and oxygen atoms in total. The number of ketones is 1. The van der Waals surface area contributed by atoms with Crippen LogP contribution in [0.25, 0.3) is 5.69 Å². The van der Waals surface area contributed by atoms with E-state index in [0.29, 0.717) is 22.5 Å². The van der Waals surface area contributed by atoms with E-state index in [-0.39, 0.29) is 16.9 Å². The van der Waals surface area contributed by atoms with E-state index in [1.54, 1.807) is 79.3 Å². The van der Waals surface area contributed by atoms with Gasteiger partial charge < -0.3 is 0 Å². The van der Waals surface area contributed by atoms with Gasteiger partial charge in [-0.2, -0.15) is 0 Å². The molecule has 0 bridgehead atoms. The summed E-state index contributed by atoms with van der Waals surface area (Å²) in [6.07, 6.45) is -0.219. The van der Waals surface area contributed by atoms with Gasteiger partial charge in [0.05, 0.1) is 10.6 Å². The number of aromatic nitrogens is 2. The summed E-state index contributed by atoms with van der Waals surface area (Å²) in [5.74, 6) is -0.534. The molecule has 33 heavy (non-hydrogen) atoms. The van der Waals surface area contributed by atoms with Crippen molar-refractivity contribution in [1.29, 1.82) is 0 Å². The molecule has 0 aliphatic heterocycles. The van der Waals surface area contributed by atoms with E-state index in [9.17, 15) is 18.0 Å². The minimum absolute atomic E-state index is 0.0521. The van der Waals surface area contributed by atoms with Gasteiger partial charge in [-0.1, -0.05) is 66.7 Å².